The van der Waals surface area contributed by atoms with Crippen molar-refractivity contribution >= 4 is 35.0 Å². The van der Waals surface area contributed by atoms with Gasteiger partial charge in [-0.2, -0.15) is 0 Å². The monoisotopic (exact) mass is 436 g/mol. The first-order valence-electron chi connectivity index (χ1n) is 10.1. The molecule has 0 saturated carbocycles. The maximum absolute atomic E-state index is 13.1. The number of hydrogen-bond acceptors (Lipinski definition) is 3. The second-order valence-corrected chi connectivity index (χ2v) is 8.57. The van der Waals surface area contributed by atoms with Crippen LogP contribution in [0.15, 0.2) is 71.6 Å². The van der Waals surface area contributed by atoms with Crippen LogP contribution in [0.2, 0.25) is 0 Å². The van der Waals surface area contributed by atoms with Gasteiger partial charge in [-0.15, -0.1) is 11.8 Å². The molecular formula is C25H25FN2O2S. The minimum atomic E-state index is -0.389. The molecule has 2 N–H and O–H groups in total. The Morgan fingerprint density at radius 2 is 1.61 bits per heavy atom. The van der Waals surface area contributed by atoms with Gasteiger partial charge < -0.3 is 10.6 Å². The molecule has 0 radical (unpaired) electrons. The van der Waals surface area contributed by atoms with Crippen LogP contribution in [0.5, 0.6) is 0 Å². The van der Waals surface area contributed by atoms with Gasteiger partial charge in [-0.1, -0.05) is 19.1 Å². The fraction of sp³-hybridized carbons (Fsp3) is 0.200. The molecule has 0 aliphatic heterocycles. The molecule has 31 heavy (non-hydrogen) atoms. The van der Waals surface area contributed by atoms with Gasteiger partial charge in [-0.25, -0.2) is 4.39 Å². The molecule has 1 unspecified atom stereocenters. The summed E-state index contributed by atoms with van der Waals surface area (Å²) >= 11 is 1.45. The van der Waals surface area contributed by atoms with E-state index in [1.807, 2.05) is 57.2 Å². The van der Waals surface area contributed by atoms with Gasteiger partial charge in [0, 0.05) is 21.8 Å². The molecule has 0 aliphatic rings. The van der Waals surface area contributed by atoms with Crippen molar-refractivity contribution in [2.75, 3.05) is 10.6 Å². The predicted molar refractivity (Wildman–Crippen MR) is 125 cm³/mol. The second-order valence-electron chi connectivity index (χ2n) is 7.29. The number of aryl methyl sites for hydroxylation is 2. The van der Waals surface area contributed by atoms with E-state index in [0.29, 0.717) is 17.7 Å². The summed E-state index contributed by atoms with van der Waals surface area (Å²) in [6.07, 6.45) is 0.660. The van der Waals surface area contributed by atoms with E-state index in [2.05, 4.69) is 10.6 Å². The van der Waals surface area contributed by atoms with Gasteiger partial charge in [-0.3, -0.25) is 9.59 Å². The van der Waals surface area contributed by atoms with Gasteiger partial charge in [0.15, 0.2) is 0 Å². The number of hydrogen-bond donors (Lipinski definition) is 2. The summed E-state index contributed by atoms with van der Waals surface area (Å²) in [7, 11) is 0. The minimum Gasteiger partial charge on any atom is -0.325 e. The third-order valence-electron chi connectivity index (χ3n) is 4.91. The lowest BCUT2D eigenvalue weighted by molar-refractivity contribution is -0.115. The average Bonchev–Trinajstić information content (AvgIpc) is 2.75. The zero-order chi connectivity index (χ0) is 22.4. The van der Waals surface area contributed by atoms with Crippen LogP contribution in [0.1, 0.15) is 34.8 Å². The van der Waals surface area contributed by atoms with Gasteiger partial charge in [0.05, 0.1) is 5.25 Å². The van der Waals surface area contributed by atoms with E-state index < -0.39 is 0 Å². The number of amides is 2. The molecule has 0 bridgehead atoms. The van der Waals surface area contributed by atoms with Crippen molar-refractivity contribution in [3.8, 4) is 0 Å². The minimum absolute atomic E-state index is 0.0588. The van der Waals surface area contributed by atoms with Crippen molar-refractivity contribution < 1.29 is 14.0 Å². The molecule has 160 valence electrons. The van der Waals surface area contributed by atoms with Crippen molar-refractivity contribution in [1.29, 1.82) is 0 Å². The third kappa shape index (κ3) is 6.18. The number of rotatable bonds is 7. The summed E-state index contributed by atoms with van der Waals surface area (Å²) in [5.41, 5.74) is 4.08. The zero-order valence-electron chi connectivity index (χ0n) is 17.7. The molecular weight excluding hydrogens is 411 g/mol. The Hall–Kier alpha value is -3.12. The number of anilines is 2. The van der Waals surface area contributed by atoms with Gasteiger partial charge in [0.25, 0.3) is 5.91 Å². The highest BCUT2D eigenvalue weighted by Crippen LogP contribution is 2.29. The zero-order valence-corrected chi connectivity index (χ0v) is 18.6. The quantitative estimate of drug-likeness (QED) is 0.433. The number of halogens is 1. The number of carbonyl (C=O) groups is 2. The Bertz CT molecular complexity index is 1080. The number of benzene rings is 3. The molecule has 2 amide bonds. The molecule has 3 rings (SSSR count). The summed E-state index contributed by atoms with van der Waals surface area (Å²) in [6.45, 7) is 6.02. The Kier molecular flexibility index (Phi) is 7.47. The molecule has 0 saturated heterocycles. The van der Waals surface area contributed by atoms with Gasteiger partial charge >= 0.3 is 0 Å². The molecule has 1 atom stereocenters. The molecule has 0 heterocycles. The van der Waals surface area contributed by atoms with Crippen LogP contribution < -0.4 is 10.6 Å². The van der Waals surface area contributed by atoms with Crippen LogP contribution in [0, 0.1) is 19.7 Å². The summed E-state index contributed by atoms with van der Waals surface area (Å²) in [6, 6.07) is 18.6. The molecule has 6 heteroatoms. The van der Waals surface area contributed by atoms with Crippen LogP contribution in [0.4, 0.5) is 15.8 Å². The lowest BCUT2D eigenvalue weighted by Crippen LogP contribution is -2.24. The van der Waals surface area contributed by atoms with Crippen molar-refractivity contribution in [3.05, 3.63) is 89.2 Å². The Balaban J connectivity index is 1.66. The highest BCUT2D eigenvalue weighted by molar-refractivity contribution is 8.00. The standard InChI is InChI=1S/C25H25FN2O2S/c1-4-23(25(30)28-21-13-8-16(2)17(3)14-21)31-22-7-5-6-20(15-22)27-24(29)18-9-11-19(26)12-10-18/h5-15,23H,4H2,1-3H3,(H,27,29)(H,28,30). The molecule has 0 aromatic heterocycles. The average molecular weight is 437 g/mol. The van der Waals surface area contributed by atoms with Gasteiger partial charge in [0.1, 0.15) is 5.82 Å². The smallest absolute Gasteiger partial charge is 0.255 e. The van der Waals surface area contributed by atoms with E-state index in [9.17, 15) is 14.0 Å². The Morgan fingerprint density at radius 3 is 2.29 bits per heavy atom. The number of nitrogens with one attached hydrogen (secondary N) is 2. The third-order valence-corrected chi connectivity index (χ3v) is 6.27. The first-order chi connectivity index (χ1) is 14.9. The van der Waals surface area contributed by atoms with Crippen molar-refractivity contribution in [2.45, 2.75) is 37.3 Å². The van der Waals surface area contributed by atoms with Crippen LogP contribution in [0.3, 0.4) is 0 Å². The summed E-state index contributed by atoms with van der Waals surface area (Å²) in [5.74, 6) is -0.766. The normalized spacial score (nSPS) is 11.6. The topological polar surface area (TPSA) is 58.2 Å². The molecule has 0 spiro atoms. The molecule has 3 aromatic carbocycles. The highest BCUT2D eigenvalue weighted by Gasteiger charge is 2.18. The van der Waals surface area contributed by atoms with Crippen LogP contribution >= 0.6 is 11.8 Å². The van der Waals surface area contributed by atoms with Gasteiger partial charge in [0.2, 0.25) is 5.91 Å². The fourth-order valence-electron chi connectivity index (χ4n) is 2.98. The lowest BCUT2D eigenvalue weighted by Gasteiger charge is -2.16. The molecule has 4 nitrogen and oxygen atoms in total. The lowest BCUT2D eigenvalue weighted by atomic mass is 10.1. The molecule has 0 fully saturated rings. The predicted octanol–water partition coefficient (Wildman–Crippen LogP) is 6.20. The maximum Gasteiger partial charge on any atom is 0.255 e. The second kappa shape index (κ2) is 10.3. The Morgan fingerprint density at radius 1 is 0.903 bits per heavy atom. The van der Waals surface area contributed by atoms with Crippen LogP contribution in [-0.4, -0.2) is 17.1 Å². The van der Waals surface area contributed by atoms with E-state index in [0.717, 1.165) is 16.1 Å². The van der Waals surface area contributed by atoms with E-state index in [1.54, 1.807) is 6.07 Å². The van der Waals surface area contributed by atoms with E-state index >= 15 is 0 Å². The number of thioether (sulfide) groups is 1. The van der Waals surface area contributed by atoms with Crippen LogP contribution in [0.25, 0.3) is 0 Å². The first-order valence-corrected chi connectivity index (χ1v) is 11.0. The molecule has 0 aliphatic carbocycles. The summed E-state index contributed by atoms with van der Waals surface area (Å²) in [4.78, 5) is 26.0. The summed E-state index contributed by atoms with van der Waals surface area (Å²) < 4.78 is 13.1. The summed E-state index contributed by atoms with van der Waals surface area (Å²) in [5, 5.41) is 5.54. The first kappa shape index (κ1) is 22.6. The SMILES string of the molecule is CCC(Sc1cccc(NC(=O)c2ccc(F)cc2)c1)C(=O)Nc1ccc(C)c(C)c1. The van der Waals surface area contributed by atoms with Crippen molar-refractivity contribution in [3.63, 3.8) is 0 Å². The van der Waals surface area contributed by atoms with Crippen molar-refractivity contribution in [1.82, 2.24) is 0 Å². The fourth-order valence-corrected chi connectivity index (χ4v) is 3.99. The van der Waals surface area contributed by atoms with E-state index in [-0.39, 0.29) is 22.9 Å². The van der Waals surface area contributed by atoms with Crippen LogP contribution in [-0.2, 0) is 4.79 Å². The van der Waals surface area contributed by atoms with Crippen molar-refractivity contribution in [2.24, 2.45) is 0 Å². The molecule has 3 aromatic rings. The maximum atomic E-state index is 13.1. The van der Waals surface area contributed by atoms with E-state index in [4.69, 9.17) is 0 Å². The highest BCUT2D eigenvalue weighted by atomic mass is 32.2. The van der Waals surface area contributed by atoms with E-state index in [1.165, 1.54) is 41.6 Å². The largest absolute Gasteiger partial charge is 0.325 e. The Labute approximate surface area is 186 Å². The number of carbonyl (C=O) groups excluding carboxylic acids is 2. The van der Waals surface area contributed by atoms with Gasteiger partial charge in [-0.05, 0) is 86.0 Å².